The first kappa shape index (κ1) is 19.6. The number of amides is 1. The van der Waals surface area contributed by atoms with Gasteiger partial charge in [-0.1, -0.05) is 11.6 Å². The van der Waals surface area contributed by atoms with E-state index < -0.39 is 15.8 Å². The molecule has 6 nitrogen and oxygen atoms in total. The Hall–Kier alpha value is -2.16. The predicted molar refractivity (Wildman–Crippen MR) is 98.7 cm³/mol. The van der Waals surface area contributed by atoms with Gasteiger partial charge in [0.25, 0.3) is 5.91 Å². The molecule has 2 aromatic carbocycles. The zero-order valence-electron chi connectivity index (χ0n) is 14.3. The van der Waals surface area contributed by atoms with E-state index in [9.17, 15) is 17.6 Å². The molecule has 9 heteroatoms. The first-order valence-electron chi connectivity index (χ1n) is 8.28. The van der Waals surface area contributed by atoms with Crippen LogP contribution < -0.4 is 4.74 Å². The summed E-state index contributed by atoms with van der Waals surface area (Å²) in [5.74, 6) is -0.181. The number of carbonyl (C=O) groups excluding carboxylic acids is 1. The number of hydrogen-bond acceptors (Lipinski definition) is 4. The first-order valence-corrected chi connectivity index (χ1v) is 10.1. The molecule has 0 spiro atoms. The second kappa shape index (κ2) is 8.24. The van der Waals surface area contributed by atoms with Gasteiger partial charge in [0.05, 0.1) is 4.90 Å². The summed E-state index contributed by atoms with van der Waals surface area (Å²) in [7, 11) is -3.70. The molecule has 144 valence electrons. The maximum Gasteiger partial charge on any atom is 0.260 e. The van der Waals surface area contributed by atoms with E-state index in [0.29, 0.717) is 10.8 Å². The van der Waals surface area contributed by atoms with E-state index in [2.05, 4.69) is 0 Å². The normalized spacial score (nSPS) is 15.6. The summed E-state index contributed by atoms with van der Waals surface area (Å²) >= 11 is 5.80. The summed E-state index contributed by atoms with van der Waals surface area (Å²) in [6, 6.07) is 11.4. The van der Waals surface area contributed by atoms with Crippen LogP contribution in [0.3, 0.4) is 0 Å². The van der Waals surface area contributed by atoms with E-state index in [-0.39, 0.29) is 43.6 Å². The number of sulfonamides is 1. The Labute approximate surface area is 162 Å². The minimum absolute atomic E-state index is 0.0368. The van der Waals surface area contributed by atoms with Crippen molar-refractivity contribution < 1.29 is 22.3 Å². The molecule has 0 radical (unpaired) electrons. The van der Waals surface area contributed by atoms with Crippen molar-refractivity contribution in [2.24, 2.45) is 0 Å². The number of nitrogens with zero attached hydrogens (tertiary/aromatic N) is 2. The number of ether oxygens (including phenoxy) is 1. The topological polar surface area (TPSA) is 66.9 Å². The molecular formula is C18H18ClFN2O4S. The summed E-state index contributed by atoms with van der Waals surface area (Å²) in [6.07, 6.45) is 0. The Morgan fingerprint density at radius 3 is 2.19 bits per heavy atom. The molecule has 1 fully saturated rings. The van der Waals surface area contributed by atoms with E-state index >= 15 is 0 Å². The molecule has 0 bridgehead atoms. The second-order valence-corrected chi connectivity index (χ2v) is 8.36. The molecule has 3 rings (SSSR count). The van der Waals surface area contributed by atoms with Crippen LogP contribution in [0.15, 0.2) is 53.4 Å². The lowest BCUT2D eigenvalue weighted by Crippen LogP contribution is -2.51. The van der Waals surface area contributed by atoms with Gasteiger partial charge in [-0.25, -0.2) is 12.8 Å². The van der Waals surface area contributed by atoms with Crippen LogP contribution in [0.4, 0.5) is 4.39 Å². The predicted octanol–water partition coefficient (Wildman–Crippen LogP) is 2.39. The van der Waals surface area contributed by atoms with Crippen LogP contribution >= 0.6 is 11.6 Å². The van der Waals surface area contributed by atoms with Gasteiger partial charge in [-0.15, -0.1) is 0 Å². The van der Waals surface area contributed by atoms with Crippen LogP contribution in [0, 0.1) is 5.82 Å². The zero-order chi connectivity index (χ0) is 19.4. The van der Waals surface area contributed by atoms with Crippen molar-refractivity contribution in [3.63, 3.8) is 0 Å². The van der Waals surface area contributed by atoms with Crippen molar-refractivity contribution in [3.05, 3.63) is 59.4 Å². The summed E-state index contributed by atoms with van der Waals surface area (Å²) in [6.45, 7) is 0.748. The van der Waals surface area contributed by atoms with Gasteiger partial charge in [0.1, 0.15) is 11.6 Å². The fourth-order valence-electron chi connectivity index (χ4n) is 2.70. The molecule has 0 unspecified atom stereocenters. The smallest absolute Gasteiger partial charge is 0.260 e. The highest BCUT2D eigenvalue weighted by Gasteiger charge is 2.30. The molecule has 0 N–H and O–H groups in total. The van der Waals surface area contributed by atoms with Crippen molar-refractivity contribution in [1.82, 2.24) is 9.21 Å². The highest BCUT2D eigenvalue weighted by Crippen LogP contribution is 2.19. The van der Waals surface area contributed by atoms with Crippen LogP contribution in [-0.2, 0) is 14.8 Å². The van der Waals surface area contributed by atoms with Gasteiger partial charge >= 0.3 is 0 Å². The Balaban J connectivity index is 1.54. The Morgan fingerprint density at radius 2 is 1.59 bits per heavy atom. The Kier molecular flexibility index (Phi) is 5.98. The second-order valence-electron chi connectivity index (χ2n) is 5.98. The third-order valence-corrected chi connectivity index (χ3v) is 6.38. The van der Waals surface area contributed by atoms with Crippen LogP contribution in [0.2, 0.25) is 5.02 Å². The van der Waals surface area contributed by atoms with Gasteiger partial charge in [-0.05, 0) is 48.5 Å². The van der Waals surface area contributed by atoms with Gasteiger partial charge in [0.15, 0.2) is 6.61 Å². The molecule has 0 saturated carbocycles. The summed E-state index contributed by atoms with van der Waals surface area (Å²) < 4.78 is 44.9. The SMILES string of the molecule is O=C(COc1ccc(Cl)cc1)N1CCN(S(=O)(=O)c2ccc(F)cc2)CC1. The molecule has 0 aromatic heterocycles. The van der Waals surface area contributed by atoms with Crippen molar-refractivity contribution >= 4 is 27.5 Å². The molecule has 1 aliphatic heterocycles. The molecule has 1 aliphatic rings. The lowest BCUT2D eigenvalue weighted by atomic mass is 10.3. The minimum atomic E-state index is -3.70. The maximum absolute atomic E-state index is 13.0. The number of hydrogen-bond donors (Lipinski definition) is 0. The molecule has 1 amide bonds. The van der Waals surface area contributed by atoms with Gasteiger partial charge < -0.3 is 9.64 Å². The van der Waals surface area contributed by atoms with E-state index in [0.717, 1.165) is 12.1 Å². The molecule has 1 saturated heterocycles. The standard InChI is InChI=1S/C18H18ClFN2O4S/c19-14-1-5-16(6-2-14)26-13-18(23)21-9-11-22(12-10-21)27(24,25)17-7-3-15(20)4-8-17/h1-8H,9-13H2. The number of piperazine rings is 1. The van der Waals surface area contributed by atoms with E-state index in [1.165, 1.54) is 16.4 Å². The number of carbonyl (C=O) groups is 1. The van der Waals surface area contributed by atoms with Crippen LogP contribution in [0.1, 0.15) is 0 Å². The van der Waals surface area contributed by atoms with Crippen LogP contribution in [0.5, 0.6) is 5.75 Å². The van der Waals surface area contributed by atoms with Crippen molar-refractivity contribution in [3.8, 4) is 5.75 Å². The third-order valence-electron chi connectivity index (χ3n) is 4.22. The molecule has 2 aromatic rings. The third kappa shape index (κ3) is 4.77. The van der Waals surface area contributed by atoms with E-state index in [4.69, 9.17) is 16.3 Å². The van der Waals surface area contributed by atoms with Gasteiger partial charge in [0.2, 0.25) is 10.0 Å². The Bertz CT molecular complexity index is 896. The quantitative estimate of drug-likeness (QED) is 0.756. The van der Waals surface area contributed by atoms with Crippen LogP contribution in [-0.4, -0.2) is 56.3 Å². The minimum Gasteiger partial charge on any atom is -0.484 e. The number of halogens is 2. The zero-order valence-corrected chi connectivity index (χ0v) is 15.9. The fourth-order valence-corrected chi connectivity index (χ4v) is 4.25. The lowest BCUT2D eigenvalue weighted by Gasteiger charge is -2.34. The molecular weight excluding hydrogens is 395 g/mol. The largest absolute Gasteiger partial charge is 0.484 e. The average molecular weight is 413 g/mol. The van der Waals surface area contributed by atoms with Crippen LogP contribution in [0.25, 0.3) is 0 Å². The van der Waals surface area contributed by atoms with Crippen molar-refractivity contribution in [2.75, 3.05) is 32.8 Å². The molecule has 0 atom stereocenters. The molecule has 1 heterocycles. The summed E-state index contributed by atoms with van der Waals surface area (Å²) in [4.78, 5) is 13.9. The molecule has 27 heavy (non-hydrogen) atoms. The van der Waals surface area contributed by atoms with Gasteiger partial charge in [-0.3, -0.25) is 4.79 Å². The van der Waals surface area contributed by atoms with Crippen molar-refractivity contribution in [1.29, 1.82) is 0 Å². The fraction of sp³-hybridized carbons (Fsp3) is 0.278. The lowest BCUT2D eigenvalue weighted by molar-refractivity contribution is -0.134. The summed E-state index contributed by atoms with van der Waals surface area (Å²) in [5.41, 5.74) is 0. The monoisotopic (exact) mass is 412 g/mol. The Morgan fingerprint density at radius 1 is 1.00 bits per heavy atom. The highest BCUT2D eigenvalue weighted by molar-refractivity contribution is 7.89. The van der Waals surface area contributed by atoms with E-state index in [1.807, 2.05) is 0 Å². The van der Waals surface area contributed by atoms with Gasteiger partial charge in [-0.2, -0.15) is 4.31 Å². The number of benzene rings is 2. The van der Waals surface area contributed by atoms with E-state index in [1.54, 1.807) is 29.2 Å². The molecule has 0 aliphatic carbocycles. The summed E-state index contributed by atoms with van der Waals surface area (Å²) in [5, 5.41) is 0.576. The highest BCUT2D eigenvalue weighted by atomic mass is 35.5. The number of rotatable bonds is 5. The average Bonchev–Trinajstić information content (AvgIpc) is 2.68. The van der Waals surface area contributed by atoms with Crippen molar-refractivity contribution in [2.45, 2.75) is 4.90 Å². The first-order chi connectivity index (χ1) is 12.9. The maximum atomic E-state index is 13.0. The van der Waals surface area contributed by atoms with Gasteiger partial charge in [0, 0.05) is 31.2 Å².